The molecule has 0 aromatic heterocycles. The minimum atomic E-state index is -0.962. The van der Waals surface area contributed by atoms with Crippen LogP contribution >= 0.6 is 0 Å². The number of carbonyl (C=O) groups excluding carboxylic acids is 3. The van der Waals surface area contributed by atoms with E-state index in [0.29, 0.717) is 0 Å². The van der Waals surface area contributed by atoms with Gasteiger partial charge in [-0.3, -0.25) is 24.7 Å². The minimum absolute atomic E-state index is 0.467. The molecule has 0 aliphatic heterocycles. The third kappa shape index (κ3) is 2.91. The lowest BCUT2D eigenvalue weighted by Crippen LogP contribution is -2.41. The first-order chi connectivity index (χ1) is 5.49. The lowest BCUT2D eigenvalue weighted by molar-refractivity contribution is -0.126. The predicted octanol–water partition coefficient (Wildman–Crippen LogP) is -1.79. The number of hydrogen-bond acceptors (Lipinski definition) is 4. The molecular weight excluding hydrogens is 162 g/mol. The van der Waals surface area contributed by atoms with Crippen LogP contribution in [0.4, 0.5) is 0 Å². The molecule has 0 aliphatic carbocycles. The van der Waals surface area contributed by atoms with Gasteiger partial charge in [-0.2, -0.15) is 0 Å². The molecule has 3 N–H and O–H groups in total. The molecule has 0 aromatic carbocycles. The number of aliphatic imine (C=N–C) groups is 1. The summed E-state index contributed by atoms with van der Waals surface area (Å²) >= 11 is 0. The number of rotatable bonds is 2. The predicted molar refractivity (Wildman–Crippen MR) is 41.4 cm³/mol. The van der Waals surface area contributed by atoms with Crippen LogP contribution in [0.5, 0.6) is 0 Å². The summed E-state index contributed by atoms with van der Waals surface area (Å²) in [4.78, 5) is 35.0. The van der Waals surface area contributed by atoms with Crippen LogP contribution in [0.3, 0.4) is 0 Å². The van der Waals surface area contributed by atoms with Crippen molar-refractivity contribution in [2.75, 3.05) is 7.05 Å². The van der Waals surface area contributed by atoms with Crippen LogP contribution in [0.25, 0.3) is 0 Å². The van der Waals surface area contributed by atoms with E-state index in [9.17, 15) is 14.4 Å². The van der Waals surface area contributed by atoms with Gasteiger partial charge in [0.15, 0.2) is 5.71 Å². The van der Waals surface area contributed by atoms with E-state index in [1.807, 2.05) is 5.32 Å². The van der Waals surface area contributed by atoms with Crippen LogP contribution in [0.2, 0.25) is 0 Å². The molecule has 6 nitrogen and oxygen atoms in total. The molecule has 12 heavy (non-hydrogen) atoms. The maximum absolute atomic E-state index is 10.9. The Balaban J connectivity index is 4.46. The minimum Gasteiger partial charge on any atom is -0.364 e. The van der Waals surface area contributed by atoms with Gasteiger partial charge in [-0.1, -0.05) is 0 Å². The van der Waals surface area contributed by atoms with Crippen molar-refractivity contribution in [2.45, 2.75) is 6.92 Å². The number of amides is 3. The van der Waals surface area contributed by atoms with Gasteiger partial charge in [0, 0.05) is 14.0 Å². The Labute approximate surface area is 68.8 Å². The molecule has 0 aliphatic rings. The highest BCUT2D eigenvalue weighted by Gasteiger charge is 2.16. The highest BCUT2D eigenvalue weighted by Crippen LogP contribution is 1.77. The zero-order valence-corrected chi connectivity index (χ0v) is 6.75. The number of nitrogens with one attached hydrogen (secondary N) is 1. The van der Waals surface area contributed by atoms with Crippen LogP contribution in [0.15, 0.2) is 4.99 Å². The van der Waals surface area contributed by atoms with Crippen LogP contribution in [-0.2, 0) is 14.4 Å². The first-order valence-electron chi connectivity index (χ1n) is 3.07. The zero-order valence-electron chi connectivity index (χ0n) is 6.75. The number of primary amides is 1. The molecule has 6 heteroatoms. The standard InChI is InChI=1S/C6H9N3O3/c1-3(10)9-6(12)4(8-2)5(7)11/h1-2H3,(H2,7,11)(H,9,10,12). The van der Waals surface area contributed by atoms with Crippen molar-refractivity contribution in [3.63, 3.8) is 0 Å². The second-order valence-corrected chi connectivity index (χ2v) is 1.95. The summed E-state index contributed by atoms with van der Waals surface area (Å²) in [5.41, 5.74) is 4.31. The van der Waals surface area contributed by atoms with Crippen LogP contribution in [-0.4, -0.2) is 30.5 Å². The van der Waals surface area contributed by atoms with Crippen LogP contribution < -0.4 is 11.1 Å². The Bertz CT molecular complexity index is 257. The zero-order chi connectivity index (χ0) is 9.72. The lowest BCUT2D eigenvalue weighted by Gasteiger charge is -1.99. The second-order valence-electron chi connectivity index (χ2n) is 1.95. The first-order valence-corrected chi connectivity index (χ1v) is 3.07. The van der Waals surface area contributed by atoms with Crippen molar-refractivity contribution in [3.8, 4) is 0 Å². The molecule has 0 heterocycles. The molecule has 0 atom stereocenters. The molecule has 0 aromatic rings. The molecule has 0 fully saturated rings. The largest absolute Gasteiger partial charge is 0.364 e. The van der Waals surface area contributed by atoms with E-state index in [1.165, 1.54) is 7.05 Å². The van der Waals surface area contributed by atoms with Gasteiger partial charge in [-0.05, 0) is 0 Å². The Hall–Kier alpha value is -1.72. The lowest BCUT2D eigenvalue weighted by atomic mass is 10.3. The molecule has 0 radical (unpaired) electrons. The van der Waals surface area contributed by atoms with E-state index in [4.69, 9.17) is 5.73 Å². The molecule has 3 amide bonds. The molecule has 0 bridgehead atoms. The average Bonchev–Trinajstić information content (AvgIpc) is 1.85. The fourth-order valence-electron chi connectivity index (χ4n) is 0.543. The van der Waals surface area contributed by atoms with E-state index < -0.39 is 23.4 Å². The van der Waals surface area contributed by atoms with Gasteiger partial charge >= 0.3 is 0 Å². The Kier molecular flexibility index (Phi) is 3.61. The van der Waals surface area contributed by atoms with Crippen molar-refractivity contribution in [1.29, 1.82) is 0 Å². The third-order valence-electron chi connectivity index (χ3n) is 0.962. The molecule has 0 saturated heterocycles. The van der Waals surface area contributed by atoms with E-state index in [0.717, 1.165) is 6.92 Å². The molecular formula is C6H9N3O3. The number of nitrogens with two attached hydrogens (primary N) is 1. The molecule has 0 saturated carbocycles. The maximum Gasteiger partial charge on any atom is 0.281 e. The van der Waals surface area contributed by atoms with E-state index >= 15 is 0 Å². The maximum atomic E-state index is 10.9. The smallest absolute Gasteiger partial charge is 0.281 e. The second kappa shape index (κ2) is 4.22. The van der Waals surface area contributed by atoms with Crippen molar-refractivity contribution in [2.24, 2.45) is 10.7 Å². The fraction of sp³-hybridized carbons (Fsp3) is 0.333. The number of nitrogens with zero attached hydrogens (tertiary/aromatic N) is 1. The summed E-state index contributed by atoms with van der Waals surface area (Å²) in [6, 6.07) is 0. The highest BCUT2D eigenvalue weighted by molar-refractivity contribution is 6.65. The van der Waals surface area contributed by atoms with Gasteiger partial charge in [0.25, 0.3) is 11.8 Å². The Morgan fingerprint density at radius 2 is 1.83 bits per heavy atom. The SMILES string of the molecule is CN=C(C(N)=O)C(=O)NC(C)=O. The Morgan fingerprint density at radius 1 is 1.33 bits per heavy atom. The normalized spacial score (nSPS) is 10.7. The Morgan fingerprint density at radius 3 is 2.08 bits per heavy atom. The van der Waals surface area contributed by atoms with Crippen molar-refractivity contribution in [3.05, 3.63) is 0 Å². The molecule has 0 spiro atoms. The average molecular weight is 171 g/mol. The molecule has 66 valence electrons. The monoisotopic (exact) mass is 171 g/mol. The summed E-state index contributed by atoms with van der Waals surface area (Å²) in [6.45, 7) is 1.15. The number of hydrogen-bond donors (Lipinski definition) is 2. The topological polar surface area (TPSA) is 102 Å². The number of imide groups is 1. The van der Waals surface area contributed by atoms with Gasteiger partial charge in [0.05, 0.1) is 0 Å². The quantitative estimate of drug-likeness (QED) is 0.378. The summed E-state index contributed by atoms with van der Waals surface area (Å²) in [5, 5.41) is 1.87. The highest BCUT2D eigenvalue weighted by atomic mass is 16.2. The fourth-order valence-corrected chi connectivity index (χ4v) is 0.543. The summed E-state index contributed by atoms with van der Waals surface area (Å²) in [7, 11) is 1.24. The van der Waals surface area contributed by atoms with Crippen molar-refractivity contribution >= 4 is 23.4 Å². The van der Waals surface area contributed by atoms with Gasteiger partial charge in [-0.25, -0.2) is 0 Å². The van der Waals surface area contributed by atoms with E-state index in [-0.39, 0.29) is 0 Å². The first kappa shape index (κ1) is 10.3. The summed E-state index contributed by atoms with van der Waals surface area (Å²) in [5.74, 6) is -2.41. The molecule has 0 rings (SSSR count). The van der Waals surface area contributed by atoms with E-state index in [1.54, 1.807) is 0 Å². The summed E-state index contributed by atoms with van der Waals surface area (Å²) in [6.07, 6.45) is 0. The van der Waals surface area contributed by atoms with Crippen molar-refractivity contribution < 1.29 is 14.4 Å². The third-order valence-corrected chi connectivity index (χ3v) is 0.962. The van der Waals surface area contributed by atoms with Crippen molar-refractivity contribution in [1.82, 2.24) is 5.32 Å². The summed E-state index contributed by atoms with van der Waals surface area (Å²) < 4.78 is 0. The van der Waals surface area contributed by atoms with Gasteiger partial charge in [0.1, 0.15) is 0 Å². The van der Waals surface area contributed by atoms with E-state index in [2.05, 4.69) is 4.99 Å². The van der Waals surface area contributed by atoms with Crippen LogP contribution in [0.1, 0.15) is 6.92 Å². The van der Waals surface area contributed by atoms with Gasteiger partial charge < -0.3 is 5.73 Å². The van der Waals surface area contributed by atoms with Gasteiger partial charge in [0.2, 0.25) is 5.91 Å². The molecule has 0 unspecified atom stereocenters. The van der Waals surface area contributed by atoms with Gasteiger partial charge in [-0.15, -0.1) is 0 Å². The van der Waals surface area contributed by atoms with Crippen LogP contribution in [0, 0.1) is 0 Å². The number of carbonyl (C=O) groups is 3.